The lowest BCUT2D eigenvalue weighted by molar-refractivity contribution is -0.151. The lowest BCUT2D eigenvalue weighted by atomic mass is 9.69. The molecule has 3 heteroatoms. The predicted octanol–water partition coefficient (Wildman–Crippen LogP) is 3.44. The summed E-state index contributed by atoms with van der Waals surface area (Å²) >= 11 is 0. The zero-order chi connectivity index (χ0) is 14.7. The molecule has 1 aromatic carbocycles. The zero-order valence-electron chi connectivity index (χ0n) is 13.0. The maximum Gasteiger partial charge on any atom is 0.0978 e. The van der Waals surface area contributed by atoms with E-state index in [1.54, 1.807) is 0 Å². The summed E-state index contributed by atoms with van der Waals surface area (Å²) in [6.07, 6.45) is 5.87. The smallest absolute Gasteiger partial charge is 0.0978 e. The first kappa shape index (κ1) is 15.0. The lowest BCUT2D eigenvalue weighted by Gasteiger charge is -2.49. The average molecular weight is 289 g/mol. The van der Waals surface area contributed by atoms with E-state index in [1.165, 1.54) is 24.8 Å². The number of nitrogens with two attached hydrogens (primary N) is 1. The first-order valence-electron chi connectivity index (χ1n) is 8.30. The summed E-state index contributed by atoms with van der Waals surface area (Å²) in [5.74, 6) is 0.496. The van der Waals surface area contributed by atoms with Crippen LogP contribution < -0.4 is 5.73 Å². The van der Waals surface area contributed by atoms with Crippen LogP contribution in [-0.2, 0) is 9.47 Å². The Morgan fingerprint density at radius 3 is 2.71 bits per heavy atom. The second-order valence-corrected chi connectivity index (χ2v) is 6.50. The summed E-state index contributed by atoms with van der Waals surface area (Å²) in [6, 6.07) is 10.5. The van der Waals surface area contributed by atoms with Crippen LogP contribution in [0.1, 0.15) is 50.7 Å². The maximum absolute atomic E-state index is 6.63. The average Bonchev–Trinajstić information content (AvgIpc) is 2.51. The third kappa shape index (κ3) is 3.15. The molecule has 3 atom stereocenters. The topological polar surface area (TPSA) is 44.5 Å². The van der Waals surface area contributed by atoms with Gasteiger partial charge in [0, 0.05) is 19.3 Å². The molecular formula is C18H27NO2. The SMILES string of the molecule is CCOC(c1ccccc1)C(N)C1CCOC2(CCC2)C1. The summed E-state index contributed by atoms with van der Waals surface area (Å²) in [5.41, 5.74) is 7.97. The van der Waals surface area contributed by atoms with Crippen LogP contribution in [0.15, 0.2) is 30.3 Å². The van der Waals surface area contributed by atoms with E-state index >= 15 is 0 Å². The largest absolute Gasteiger partial charge is 0.375 e. The summed E-state index contributed by atoms with van der Waals surface area (Å²) in [6.45, 7) is 3.59. The molecule has 116 valence electrons. The Hall–Kier alpha value is -0.900. The highest BCUT2D eigenvalue weighted by molar-refractivity contribution is 5.19. The van der Waals surface area contributed by atoms with Crippen LogP contribution in [0.2, 0.25) is 0 Å². The number of hydrogen-bond donors (Lipinski definition) is 1. The van der Waals surface area contributed by atoms with Crippen LogP contribution in [0.5, 0.6) is 0 Å². The van der Waals surface area contributed by atoms with Crippen LogP contribution in [0.3, 0.4) is 0 Å². The first-order valence-corrected chi connectivity index (χ1v) is 8.30. The third-order valence-corrected chi connectivity index (χ3v) is 5.16. The number of rotatable bonds is 5. The molecule has 0 bridgehead atoms. The van der Waals surface area contributed by atoms with E-state index in [0.29, 0.717) is 12.5 Å². The standard InChI is InChI=1S/C18H27NO2/c1-2-20-17(14-7-4-3-5-8-14)16(19)15-9-12-21-18(13-15)10-6-11-18/h3-5,7-8,15-17H,2,6,9-13,19H2,1H3. The third-order valence-electron chi connectivity index (χ3n) is 5.16. The van der Waals surface area contributed by atoms with E-state index in [1.807, 2.05) is 13.0 Å². The van der Waals surface area contributed by atoms with Gasteiger partial charge >= 0.3 is 0 Å². The summed E-state index contributed by atoms with van der Waals surface area (Å²) in [7, 11) is 0. The molecule has 1 saturated carbocycles. The van der Waals surface area contributed by atoms with Gasteiger partial charge < -0.3 is 15.2 Å². The summed E-state index contributed by atoms with van der Waals surface area (Å²) in [5, 5.41) is 0. The fourth-order valence-corrected chi connectivity index (χ4v) is 3.81. The Labute approximate surface area is 127 Å². The summed E-state index contributed by atoms with van der Waals surface area (Å²) in [4.78, 5) is 0. The van der Waals surface area contributed by atoms with Crippen molar-refractivity contribution in [1.82, 2.24) is 0 Å². The van der Waals surface area contributed by atoms with Crippen LogP contribution in [-0.4, -0.2) is 24.9 Å². The lowest BCUT2D eigenvalue weighted by Crippen LogP contribution is -2.50. The van der Waals surface area contributed by atoms with Gasteiger partial charge in [-0.3, -0.25) is 0 Å². The van der Waals surface area contributed by atoms with Gasteiger partial charge in [0.2, 0.25) is 0 Å². The monoisotopic (exact) mass is 289 g/mol. The van der Waals surface area contributed by atoms with E-state index in [2.05, 4.69) is 24.3 Å². The van der Waals surface area contributed by atoms with Gasteiger partial charge in [0.15, 0.2) is 0 Å². The van der Waals surface area contributed by atoms with Gasteiger partial charge in [-0.05, 0) is 50.5 Å². The minimum Gasteiger partial charge on any atom is -0.375 e. The molecular weight excluding hydrogens is 262 g/mol. The number of hydrogen-bond acceptors (Lipinski definition) is 3. The molecule has 1 aromatic rings. The molecule has 2 aliphatic rings. The fraction of sp³-hybridized carbons (Fsp3) is 0.667. The van der Waals surface area contributed by atoms with Crippen molar-refractivity contribution in [3.05, 3.63) is 35.9 Å². The molecule has 3 nitrogen and oxygen atoms in total. The van der Waals surface area contributed by atoms with E-state index in [-0.39, 0.29) is 17.7 Å². The zero-order valence-corrected chi connectivity index (χ0v) is 13.0. The highest BCUT2D eigenvalue weighted by atomic mass is 16.5. The van der Waals surface area contributed by atoms with Crippen LogP contribution in [0, 0.1) is 5.92 Å². The minimum absolute atomic E-state index is 0.00331. The van der Waals surface area contributed by atoms with Gasteiger partial charge in [-0.1, -0.05) is 30.3 Å². The van der Waals surface area contributed by atoms with Crippen molar-refractivity contribution in [2.24, 2.45) is 11.7 Å². The van der Waals surface area contributed by atoms with E-state index in [0.717, 1.165) is 19.4 Å². The number of benzene rings is 1. The van der Waals surface area contributed by atoms with Crippen LogP contribution in [0.25, 0.3) is 0 Å². The molecule has 0 amide bonds. The number of ether oxygens (including phenoxy) is 2. The van der Waals surface area contributed by atoms with Crippen molar-refractivity contribution in [3.63, 3.8) is 0 Å². The molecule has 3 rings (SSSR count). The maximum atomic E-state index is 6.63. The van der Waals surface area contributed by atoms with Gasteiger partial charge in [-0.15, -0.1) is 0 Å². The molecule has 1 aliphatic heterocycles. The predicted molar refractivity (Wildman–Crippen MR) is 84.0 cm³/mol. The van der Waals surface area contributed by atoms with Crippen LogP contribution in [0.4, 0.5) is 0 Å². The quantitative estimate of drug-likeness (QED) is 0.903. The molecule has 21 heavy (non-hydrogen) atoms. The van der Waals surface area contributed by atoms with Gasteiger partial charge in [-0.25, -0.2) is 0 Å². The molecule has 0 aromatic heterocycles. The molecule has 1 spiro atoms. The van der Waals surface area contributed by atoms with Crippen LogP contribution >= 0.6 is 0 Å². The summed E-state index contributed by atoms with van der Waals surface area (Å²) < 4.78 is 12.0. The Kier molecular flexibility index (Phi) is 4.63. The van der Waals surface area contributed by atoms with Crippen molar-refractivity contribution >= 4 is 0 Å². The van der Waals surface area contributed by atoms with Gasteiger partial charge in [0.05, 0.1) is 11.7 Å². The first-order chi connectivity index (χ1) is 10.2. The Morgan fingerprint density at radius 2 is 2.10 bits per heavy atom. The highest BCUT2D eigenvalue weighted by Crippen LogP contribution is 2.46. The van der Waals surface area contributed by atoms with Crippen molar-refractivity contribution < 1.29 is 9.47 Å². The van der Waals surface area contributed by atoms with E-state index in [4.69, 9.17) is 15.2 Å². The Balaban J connectivity index is 1.72. The van der Waals surface area contributed by atoms with E-state index < -0.39 is 0 Å². The molecule has 1 saturated heterocycles. The van der Waals surface area contributed by atoms with Gasteiger partial charge in [-0.2, -0.15) is 0 Å². The van der Waals surface area contributed by atoms with Gasteiger partial charge in [0.25, 0.3) is 0 Å². The van der Waals surface area contributed by atoms with Gasteiger partial charge in [0.1, 0.15) is 0 Å². The van der Waals surface area contributed by atoms with Crippen molar-refractivity contribution in [3.8, 4) is 0 Å². The molecule has 3 unspecified atom stereocenters. The molecule has 1 heterocycles. The van der Waals surface area contributed by atoms with Crippen molar-refractivity contribution in [1.29, 1.82) is 0 Å². The second-order valence-electron chi connectivity index (χ2n) is 6.50. The minimum atomic E-state index is -0.00331. The molecule has 1 aliphatic carbocycles. The Morgan fingerprint density at radius 1 is 1.33 bits per heavy atom. The normalized spacial score (nSPS) is 27.0. The fourth-order valence-electron chi connectivity index (χ4n) is 3.81. The highest BCUT2D eigenvalue weighted by Gasteiger charge is 2.45. The molecule has 0 radical (unpaired) electrons. The van der Waals surface area contributed by atoms with E-state index in [9.17, 15) is 0 Å². The Bertz CT molecular complexity index is 444. The molecule has 2 N–H and O–H groups in total. The van der Waals surface area contributed by atoms with Crippen molar-refractivity contribution in [2.75, 3.05) is 13.2 Å². The molecule has 2 fully saturated rings. The van der Waals surface area contributed by atoms with Crippen molar-refractivity contribution in [2.45, 2.75) is 56.8 Å². The second kappa shape index (κ2) is 6.47.